The highest BCUT2D eigenvalue weighted by Crippen LogP contribution is 2.23. The van der Waals surface area contributed by atoms with Crippen LogP contribution in [0.3, 0.4) is 0 Å². The van der Waals surface area contributed by atoms with Crippen LogP contribution in [-0.4, -0.2) is 38.1 Å². The zero-order valence-electron chi connectivity index (χ0n) is 35.9. The van der Waals surface area contributed by atoms with E-state index in [1.807, 2.05) is 0 Å². The van der Waals surface area contributed by atoms with E-state index in [9.17, 15) is 22.6 Å². The maximum Gasteiger partial charge on any atom is 0.340 e. The second-order valence-corrected chi connectivity index (χ2v) is 17.1. The molecular formula is C48H82O7S. The zero-order chi connectivity index (χ0) is 40.8. The van der Waals surface area contributed by atoms with Crippen molar-refractivity contribution in [2.45, 2.75) is 224 Å². The van der Waals surface area contributed by atoms with Crippen LogP contribution in [0, 0.1) is 0 Å². The normalized spacial score (nSPS) is 11.9. The molecule has 1 N–H and O–H groups in total. The Morgan fingerprint density at radius 1 is 0.482 bits per heavy atom. The summed E-state index contributed by atoms with van der Waals surface area (Å²) in [5.74, 6) is -1.74. The van der Waals surface area contributed by atoms with E-state index in [1.165, 1.54) is 153 Å². The van der Waals surface area contributed by atoms with Gasteiger partial charge in [-0.2, -0.15) is 8.42 Å². The van der Waals surface area contributed by atoms with E-state index < -0.39 is 32.5 Å². The third-order valence-corrected chi connectivity index (χ3v) is 11.4. The molecule has 0 atom stereocenters. The molecule has 0 aliphatic carbocycles. The van der Waals surface area contributed by atoms with Crippen LogP contribution in [0.1, 0.15) is 240 Å². The van der Waals surface area contributed by atoms with E-state index in [0.29, 0.717) is 12.8 Å². The molecule has 0 saturated heterocycles. The molecule has 322 valence electrons. The van der Waals surface area contributed by atoms with Crippen LogP contribution in [-0.2, 0) is 19.6 Å². The van der Waals surface area contributed by atoms with Gasteiger partial charge in [-0.15, -0.1) is 0 Å². The molecule has 0 amide bonds. The Labute approximate surface area is 344 Å². The highest BCUT2D eigenvalue weighted by Gasteiger charge is 2.28. The quantitative estimate of drug-likeness (QED) is 0.0306. The van der Waals surface area contributed by atoms with Gasteiger partial charge in [-0.3, -0.25) is 4.55 Å². The first-order valence-electron chi connectivity index (χ1n) is 23.1. The molecule has 0 fully saturated rings. The third-order valence-electron chi connectivity index (χ3n) is 10.5. The van der Waals surface area contributed by atoms with E-state index in [4.69, 9.17) is 9.47 Å². The van der Waals surface area contributed by atoms with Crippen molar-refractivity contribution in [2.24, 2.45) is 0 Å². The fourth-order valence-electron chi connectivity index (χ4n) is 7.15. The van der Waals surface area contributed by atoms with Crippen molar-refractivity contribution >= 4 is 22.1 Å². The highest BCUT2D eigenvalue weighted by molar-refractivity contribution is 7.86. The second-order valence-electron chi connectivity index (χ2n) is 15.7. The lowest BCUT2D eigenvalue weighted by Gasteiger charge is -2.13. The zero-order valence-corrected chi connectivity index (χ0v) is 36.7. The van der Waals surface area contributed by atoms with E-state index in [-0.39, 0.29) is 18.8 Å². The van der Waals surface area contributed by atoms with Gasteiger partial charge in [-0.1, -0.05) is 198 Å². The van der Waals surface area contributed by atoms with Crippen molar-refractivity contribution in [1.82, 2.24) is 0 Å². The average molecular weight is 803 g/mol. The number of ether oxygens (including phenoxy) is 2. The van der Waals surface area contributed by atoms with E-state index >= 15 is 0 Å². The van der Waals surface area contributed by atoms with Crippen LogP contribution in [0.15, 0.2) is 47.4 Å². The fraction of sp³-hybridized carbons (Fsp3) is 0.750. The minimum Gasteiger partial charge on any atom is -0.462 e. The first-order valence-corrected chi connectivity index (χ1v) is 24.5. The van der Waals surface area contributed by atoms with Gasteiger partial charge in [0.05, 0.1) is 24.3 Å². The first-order chi connectivity index (χ1) is 27.3. The molecule has 0 radical (unpaired) electrons. The largest absolute Gasteiger partial charge is 0.462 e. The molecule has 0 aromatic heterocycles. The number of allylic oxidation sites excluding steroid dienone is 4. The molecule has 0 bridgehead atoms. The van der Waals surface area contributed by atoms with Gasteiger partial charge < -0.3 is 9.47 Å². The van der Waals surface area contributed by atoms with Gasteiger partial charge in [0.15, 0.2) is 0 Å². The number of esters is 2. The maximum absolute atomic E-state index is 13.1. The number of hydrogen-bond donors (Lipinski definition) is 1. The standard InChI is InChI=1S/C48H82O7S/c1-3-5-7-9-11-13-15-17-19-21-23-25-27-29-31-33-35-37-42-54-47(49)44-40-39-41-45(56(51,52)53)46(44)48(50)55-43-38-36-34-32-30-28-26-24-22-20-18-16-14-12-10-8-6-4-2/h5-8,39-41H,3-4,9-38,42-43H2,1-2H3,(H,51,52,53)/b7-5+,8-6+. The predicted octanol–water partition coefficient (Wildman–Crippen LogP) is 14.9. The van der Waals surface area contributed by atoms with Crippen LogP contribution in [0.25, 0.3) is 0 Å². The smallest absolute Gasteiger partial charge is 0.340 e. The van der Waals surface area contributed by atoms with Crippen molar-refractivity contribution in [3.8, 4) is 0 Å². The highest BCUT2D eigenvalue weighted by atomic mass is 32.2. The Hall–Kier alpha value is -2.45. The van der Waals surface area contributed by atoms with Crippen LogP contribution < -0.4 is 0 Å². The Morgan fingerprint density at radius 3 is 1.14 bits per heavy atom. The molecule has 1 aromatic rings. The van der Waals surface area contributed by atoms with Crippen LogP contribution in [0.4, 0.5) is 0 Å². The first kappa shape index (κ1) is 51.6. The summed E-state index contributed by atoms with van der Waals surface area (Å²) in [5.41, 5.74) is -0.671. The summed E-state index contributed by atoms with van der Waals surface area (Å²) >= 11 is 0. The third kappa shape index (κ3) is 28.9. The van der Waals surface area contributed by atoms with Gasteiger partial charge in [0.2, 0.25) is 0 Å². The topological polar surface area (TPSA) is 107 Å². The number of carbonyl (C=O) groups excluding carboxylic acids is 2. The lowest BCUT2D eigenvalue weighted by molar-refractivity contribution is 0.0446. The number of hydrogen-bond acceptors (Lipinski definition) is 6. The Kier molecular flexibility index (Phi) is 33.9. The molecule has 8 heteroatoms. The van der Waals surface area contributed by atoms with E-state index in [1.54, 1.807) is 0 Å². The monoisotopic (exact) mass is 803 g/mol. The maximum atomic E-state index is 13.1. The summed E-state index contributed by atoms with van der Waals surface area (Å²) in [5, 5.41) is 0. The molecule has 0 spiro atoms. The lowest BCUT2D eigenvalue weighted by Crippen LogP contribution is -2.19. The average Bonchev–Trinajstić information content (AvgIpc) is 3.18. The van der Waals surface area contributed by atoms with Gasteiger partial charge in [-0.05, 0) is 63.5 Å². The molecule has 0 unspecified atom stereocenters. The molecule has 1 aromatic carbocycles. The van der Waals surface area contributed by atoms with Gasteiger partial charge in [0.1, 0.15) is 4.90 Å². The Bertz CT molecular complexity index is 1270. The van der Waals surface area contributed by atoms with Crippen LogP contribution in [0.2, 0.25) is 0 Å². The van der Waals surface area contributed by atoms with Crippen LogP contribution >= 0.6 is 0 Å². The van der Waals surface area contributed by atoms with Gasteiger partial charge in [0, 0.05) is 0 Å². The summed E-state index contributed by atoms with van der Waals surface area (Å²) < 4.78 is 44.9. The van der Waals surface area contributed by atoms with Crippen molar-refractivity contribution < 1.29 is 32.0 Å². The molecule has 56 heavy (non-hydrogen) atoms. The Balaban J connectivity index is 2.19. The SMILES string of the molecule is CC/C=C/CCCCCCCCCCCCCCCCOC(=O)c1cccc(S(=O)(=O)O)c1C(=O)OCCCCCCCCCCCCCCCC/C=C/CC. The number of carbonyl (C=O) groups is 2. The summed E-state index contributed by atoms with van der Waals surface area (Å²) in [6, 6.07) is 3.77. The molecule has 1 rings (SSSR count). The molecule has 0 aliphatic heterocycles. The molecular weight excluding hydrogens is 721 g/mol. The van der Waals surface area contributed by atoms with Crippen molar-refractivity contribution in [3.63, 3.8) is 0 Å². The molecule has 7 nitrogen and oxygen atoms in total. The van der Waals surface area contributed by atoms with Crippen LogP contribution in [0.5, 0.6) is 0 Å². The van der Waals surface area contributed by atoms with Gasteiger partial charge in [-0.25, -0.2) is 9.59 Å². The van der Waals surface area contributed by atoms with Gasteiger partial charge >= 0.3 is 11.9 Å². The minimum absolute atomic E-state index is 0.111. The van der Waals surface area contributed by atoms with Crippen molar-refractivity contribution in [3.05, 3.63) is 53.6 Å². The van der Waals surface area contributed by atoms with Crippen molar-refractivity contribution in [1.29, 1.82) is 0 Å². The number of benzene rings is 1. The molecule has 0 aliphatic rings. The summed E-state index contributed by atoms with van der Waals surface area (Å²) in [7, 11) is -4.77. The second kappa shape index (κ2) is 36.9. The number of unbranched alkanes of at least 4 members (excludes halogenated alkanes) is 28. The molecule has 0 heterocycles. The lowest BCUT2D eigenvalue weighted by atomic mass is 10.0. The van der Waals surface area contributed by atoms with Gasteiger partial charge in [0.25, 0.3) is 10.1 Å². The number of rotatable bonds is 39. The fourth-order valence-corrected chi connectivity index (χ4v) is 7.85. The summed E-state index contributed by atoms with van der Waals surface area (Å²) in [4.78, 5) is 25.4. The Morgan fingerprint density at radius 2 is 0.804 bits per heavy atom. The summed E-state index contributed by atoms with van der Waals surface area (Å²) in [6.07, 6.45) is 47.7. The predicted molar refractivity (Wildman–Crippen MR) is 234 cm³/mol. The molecule has 0 saturated carbocycles. The van der Waals surface area contributed by atoms with E-state index in [0.717, 1.165) is 57.4 Å². The summed E-state index contributed by atoms with van der Waals surface area (Å²) in [6.45, 7) is 4.65. The minimum atomic E-state index is -4.77. The van der Waals surface area contributed by atoms with Crippen molar-refractivity contribution in [2.75, 3.05) is 13.2 Å². The van der Waals surface area contributed by atoms with E-state index in [2.05, 4.69) is 38.2 Å².